The van der Waals surface area contributed by atoms with Gasteiger partial charge in [0.15, 0.2) is 0 Å². The van der Waals surface area contributed by atoms with Gasteiger partial charge in [0.05, 0.1) is 11.9 Å². The molecule has 116 valence electrons. The predicted molar refractivity (Wildman–Crippen MR) is 78.4 cm³/mol. The number of nitrogens with one attached hydrogen (secondary N) is 2. The quantitative estimate of drug-likeness (QED) is 0.611. The van der Waals surface area contributed by atoms with Crippen LogP contribution in [0.25, 0.3) is 10.9 Å². The number of H-pyrrole nitrogens is 1. The lowest BCUT2D eigenvalue weighted by Gasteiger charge is -2.13. The Balaban J connectivity index is 2.24. The van der Waals surface area contributed by atoms with Crippen LogP contribution in [0, 0.1) is 0 Å². The van der Waals surface area contributed by atoms with E-state index in [1.807, 2.05) is 0 Å². The largest absolute Gasteiger partial charge is 0.481 e. The van der Waals surface area contributed by atoms with E-state index in [2.05, 4.69) is 10.3 Å². The molecule has 0 fully saturated rings. The Morgan fingerprint density at radius 2 is 2.00 bits per heavy atom. The lowest BCUT2D eigenvalue weighted by Crippen LogP contribution is -2.41. The van der Waals surface area contributed by atoms with E-state index in [9.17, 15) is 14.4 Å². The van der Waals surface area contributed by atoms with Crippen molar-refractivity contribution in [1.29, 1.82) is 0 Å². The van der Waals surface area contributed by atoms with Crippen LogP contribution >= 0.6 is 0 Å². The minimum atomic E-state index is -1.36. The van der Waals surface area contributed by atoms with Crippen LogP contribution in [0.1, 0.15) is 23.9 Å². The second-order valence-corrected chi connectivity index (χ2v) is 4.63. The van der Waals surface area contributed by atoms with Gasteiger partial charge in [0.2, 0.25) is 5.91 Å². The summed E-state index contributed by atoms with van der Waals surface area (Å²) < 4.78 is 31.1. The predicted octanol–water partition coefficient (Wildman–Crippen LogP) is 1.14. The van der Waals surface area contributed by atoms with Gasteiger partial charge in [-0.3, -0.25) is 9.59 Å². The van der Waals surface area contributed by atoms with Crippen molar-refractivity contribution in [2.24, 2.45) is 0 Å². The fraction of sp³-hybridized carbons (Fsp3) is 0.267. The molecule has 7 heteroatoms. The zero-order chi connectivity index (χ0) is 19.6. The molecule has 1 atom stereocenters. The topological polar surface area (TPSA) is 119 Å². The van der Waals surface area contributed by atoms with Gasteiger partial charge >= 0.3 is 11.9 Å². The molecule has 1 amide bonds. The van der Waals surface area contributed by atoms with Crippen molar-refractivity contribution in [2.75, 3.05) is 0 Å². The molecule has 0 aliphatic rings. The Hall–Kier alpha value is -2.83. The third-order valence-corrected chi connectivity index (χ3v) is 3.03. The number of aromatic nitrogens is 1. The first kappa shape index (κ1) is 10.8. The molecule has 0 spiro atoms. The van der Waals surface area contributed by atoms with E-state index in [0.717, 1.165) is 0 Å². The zero-order valence-electron chi connectivity index (χ0n) is 15.4. The summed E-state index contributed by atoms with van der Waals surface area (Å²) in [6.45, 7) is 0. The maximum atomic E-state index is 12.1. The van der Waals surface area contributed by atoms with Gasteiger partial charge in [-0.05, 0) is 18.0 Å². The van der Waals surface area contributed by atoms with Gasteiger partial charge in [0.1, 0.15) is 6.04 Å². The lowest BCUT2D eigenvalue weighted by molar-refractivity contribution is -0.143. The average Bonchev–Trinajstić information content (AvgIpc) is 2.97. The Morgan fingerprint density at radius 1 is 1.27 bits per heavy atom. The molecule has 0 unspecified atom stereocenters. The summed E-state index contributed by atoms with van der Waals surface area (Å²) in [6, 6.07) is -2.77. The number of hydrogen-bond acceptors (Lipinski definition) is 3. The Labute approximate surface area is 131 Å². The van der Waals surface area contributed by atoms with Crippen LogP contribution in [0.5, 0.6) is 0 Å². The Morgan fingerprint density at radius 3 is 2.68 bits per heavy atom. The first-order valence-electron chi connectivity index (χ1n) is 8.43. The summed E-state index contributed by atoms with van der Waals surface area (Å²) in [5.74, 6) is -3.24. The molecular weight excluding hydrogens is 288 g/mol. The number of carboxylic acid groups (broad SMARTS) is 2. The molecule has 0 saturated heterocycles. The number of amides is 1. The molecule has 0 bridgehead atoms. The second-order valence-electron chi connectivity index (χ2n) is 4.63. The van der Waals surface area contributed by atoms with Gasteiger partial charge in [-0.15, -0.1) is 0 Å². The van der Waals surface area contributed by atoms with Crippen molar-refractivity contribution in [1.82, 2.24) is 10.3 Å². The number of carboxylic acids is 2. The van der Waals surface area contributed by atoms with Crippen molar-refractivity contribution < 1.29 is 30.1 Å². The molecule has 2 aromatic rings. The Bertz CT molecular complexity index is 896. The maximum Gasteiger partial charge on any atom is 0.326 e. The molecule has 0 aliphatic heterocycles. The van der Waals surface area contributed by atoms with Crippen molar-refractivity contribution in [3.05, 3.63) is 35.9 Å². The van der Waals surface area contributed by atoms with Gasteiger partial charge in [-0.25, -0.2) is 4.79 Å². The van der Waals surface area contributed by atoms with E-state index in [1.54, 1.807) is 0 Å². The number of para-hydroxylation sites is 1. The summed E-state index contributed by atoms with van der Waals surface area (Å²) in [7, 11) is 0. The molecule has 2 rings (SSSR count). The monoisotopic (exact) mass is 308 g/mol. The molecule has 22 heavy (non-hydrogen) atoms. The highest BCUT2D eigenvalue weighted by Crippen LogP contribution is 2.18. The SMILES string of the molecule is [2H]c1c([2H])c([2H])c2c(CC(=O)N[C@@H](CCC(=O)O)C(=O)O)c[nH]c2c1[2H]. The van der Waals surface area contributed by atoms with E-state index in [0.29, 0.717) is 0 Å². The van der Waals surface area contributed by atoms with Gasteiger partial charge < -0.3 is 20.5 Å². The number of hydrogen-bond donors (Lipinski definition) is 4. The number of aliphatic carboxylic acids is 2. The van der Waals surface area contributed by atoms with Crippen LogP contribution in [-0.2, 0) is 20.8 Å². The Kier molecular flexibility index (Phi) is 3.32. The van der Waals surface area contributed by atoms with E-state index >= 15 is 0 Å². The number of rotatable bonds is 7. The standard InChI is InChI=1S/C15H16N2O5/c18-13(17-12(15(21)22)5-6-14(19)20)7-9-8-16-11-4-2-1-3-10(9)11/h1-4,8,12,16H,5-7H2,(H,17,18)(H,19,20)(H,21,22)/t12-/m0/s1/i1D,2D,3D,4D. The number of benzene rings is 1. The summed E-state index contributed by atoms with van der Waals surface area (Å²) in [5.41, 5.74) is 0.436. The van der Waals surface area contributed by atoms with Crippen LogP contribution in [0.2, 0.25) is 0 Å². The van der Waals surface area contributed by atoms with Crippen molar-refractivity contribution in [3.8, 4) is 0 Å². The summed E-state index contributed by atoms with van der Waals surface area (Å²) in [6.07, 6.45) is 0.354. The summed E-state index contributed by atoms with van der Waals surface area (Å²) >= 11 is 0. The van der Waals surface area contributed by atoms with Gasteiger partial charge in [0, 0.05) is 23.5 Å². The number of aromatic amines is 1. The molecular formula is C15H16N2O5. The highest BCUT2D eigenvalue weighted by atomic mass is 16.4. The molecule has 1 heterocycles. The van der Waals surface area contributed by atoms with Crippen LogP contribution in [0.3, 0.4) is 0 Å². The molecule has 7 nitrogen and oxygen atoms in total. The molecule has 1 aromatic carbocycles. The molecule has 1 aromatic heterocycles. The average molecular weight is 308 g/mol. The third kappa shape index (κ3) is 3.85. The van der Waals surface area contributed by atoms with E-state index in [1.165, 1.54) is 6.20 Å². The van der Waals surface area contributed by atoms with Crippen LogP contribution < -0.4 is 5.32 Å². The minimum absolute atomic E-state index is 0.152. The number of fused-ring (bicyclic) bond motifs is 1. The highest BCUT2D eigenvalue weighted by molar-refractivity contribution is 5.90. The van der Waals surface area contributed by atoms with E-state index < -0.39 is 42.4 Å². The molecule has 0 aliphatic carbocycles. The minimum Gasteiger partial charge on any atom is -0.481 e. The maximum absolute atomic E-state index is 12.1. The lowest BCUT2D eigenvalue weighted by atomic mass is 10.1. The number of carbonyl (C=O) groups excluding carboxylic acids is 1. The van der Waals surface area contributed by atoms with Crippen LogP contribution in [-0.4, -0.2) is 39.1 Å². The van der Waals surface area contributed by atoms with E-state index in [-0.39, 0.29) is 41.4 Å². The third-order valence-electron chi connectivity index (χ3n) is 3.03. The van der Waals surface area contributed by atoms with Crippen LogP contribution in [0.15, 0.2) is 30.4 Å². The van der Waals surface area contributed by atoms with Gasteiger partial charge in [-0.2, -0.15) is 0 Å². The fourth-order valence-electron chi connectivity index (χ4n) is 1.98. The van der Waals surface area contributed by atoms with Crippen LogP contribution in [0.4, 0.5) is 0 Å². The number of carbonyl (C=O) groups is 3. The smallest absolute Gasteiger partial charge is 0.326 e. The first-order valence-corrected chi connectivity index (χ1v) is 6.43. The van der Waals surface area contributed by atoms with E-state index in [4.69, 9.17) is 15.7 Å². The highest BCUT2D eigenvalue weighted by Gasteiger charge is 2.21. The molecule has 0 radical (unpaired) electrons. The second kappa shape index (κ2) is 6.75. The molecule has 0 saturated carbocycles. The van der Waals surface area contributed by atoms with Gasteiger partial charge in [0.25, 0.3) is 0 Å². The normalized spacial score (nSPS) is 14.5. The van der Waals surface area contributed by atoms with Gasteiger partial charge in [-0.1, -0.05) is 18.1 Å². The van der Waals surface area contributed by atoms with Crippen molar-refractivity contribution in [2.45, 2.75) is 25.3 Å². The zero-order valence-corrected chi connectivity index (χ0v) is 11.4. The molecule has 4 N–H and O–H groups in total. The summed E-state index contributed by atoms with van der Waals surface area (Å²) in [4.78, 5) is 36.5. The first-order chi connectivity index (χ1) is 12.1. The fourth-order valence-corrected chi connectivity index (χ4v) is 1.98. The van der Waals surface area contributed by atoms with Crippen molar-refractivity contribution in [3.63, 3.8) is 0 Å². The van der Waals surface area contributed by atoms with Crippen molar-refractivity contribution >= 4 is 28.7 Å². The summed E-state index contributed by atoms with van der Waals surface area (Å²) in [5, 5.41) is 20.1.